The number of thioether (sulfide) groups is 1. The van der Waals surface area contributed by atoms with Crippen molar-refractivity contribution in [2.45, 2.75) is 5.75 Å². The van der Waals surface area contributed by atoms with E-state index in [4.69, 9.17) is 9.47 Å². The molecule has 2 rings (SSSR count). The second-order valence-electron chi connectivity index (χ2n) is 5.53. The molecule has 0 fully saturated rings. The third-order valence-electron chi connectivity index (χ3n) is 3.62. The van der Waals surface area contributed by atoms with Gasteiger partial charge >= 0.3 is 5.97 Å². The quantitative estimate of drug-likeness (QED) is 0.498. The average molecular weight is 389 g/mol. The number of ether oxygens (including phenoxy) is 3. The molecule has 144 valence electrons. The molecule has 0 unspecified atom stereocenters. The number of carbonyl (C=O) groups is 2. The van der Waals surface area contributed by atoms with Gasteiger partial charge in [-0.15, -0.1) is 0 Å². The molecule has 7 heteroatoms. The number of esters is 1. The summed E-state index contributed by atoms with van der Waals surface area (Å²) >= 11 is 1.76. The number of carbonyl (C=O) groups excluding carboxylic acids is 2. The molecule has 0 aromatic heterocycles. The first-order chi connectivity index (χ1) is 13.1. The molecule has 0 atom stereocenters. The van der Waals surface area contributed by atoms with Crippen LogP contribution in [0.3, 0.4) is 0 Å². The molecule has 2 aromatic rings. The van der Waals surface area contributed by atoms with Crippen LogP contribution in [-0.2, 0) is 15.3 Å². The van der Waals surface area contributed by atoms with E-state index in [1.807, 2.05) is 18.2 Å². The van der Waals surface area contributed by atoms with Crippen molar-refractivity contribution >= 4 is 23.6 Å². The summed E-state index contributed by atoms with van der Waals surface area (Å²) in [5.74, 6) is 1.80. The minimum Gasteiger partial charge on any atom is -0.493 e. The summed E-state index contributed by atoms with van der Waals surface area (Å²) in [6.45, 7) is 0.440. The number of benzene rings is 2. The largest absolute Gasteiger partial charge is 0.493 e. The Balaban J connectivity index is 1.71. The smallest absolute Gasteiger partial charge is 0.337 e. The van der Waals surface area contributed by atoms with Gasteiger partial charge in [0.05, 0.1) is 19.8 Å². The third kappa shape index (κ3) is 6.86. The first kappa shape index (κ1) is 20.6. The molecular weight excluding hydrogens is 366 g/mol. The molecule has 1 N–H and O–H groups in total. The highest BCUT2D eigenvalue weighted by atomic mass is 32.2. The maximum Gasteiger partial charge on any atom is 0.337 e. The number of hydrogen-bond donors (Lipinski definition) is 1. The van der Waals surface area contributed by atoms with E-state index in [0.29, 0.717) is 23.6 Å². The number of methoxy groups -OCH3 is 2. The molecule has 1 amide bonds. The second kappa shape index (κ2) is 11.1. The van der Waals surface area contributed by atoms with Gasteiger partial charge in [-0.05, 0) is 23.8 Å². The normalized spacial score (nSPS) is 10.1. The van der Waals surface area contributed by atoms with Crippen LogP contribution in [0.1, 0.15) is 15.9 Å². The lowest BCUT2D eigenvalue weighted by molar-refractivity contribution is -0.122. The van der Waals surface area contributed by atoms with E-state index >= 15 is 0 Å². The maximum atomic E-state index is 11.9. The highest BCUT2D eigenvalue weighted by Crippen LogP contribution is 2.28. The van der Waals surface area contributed by atoms with Crippen LogP contribution in [-0.4, -0.2) is 45.0 Å². The van der Waals surface area contributed by atoms with Gasteiger partial charge in [-0.1, -0.05) is 30.3 Å². The molecular formula is C20H23NO5S. The van der Waals surface area contributed by atoms with Crippen LogP contribution in [0.15, 0.2) is 48.5 Å². The van der Waals surface area contributed by atoms with E-state index in [-0.39, 0.29) is 12.5 Å². The Hall–Kier alpha value is -2.67. The van der Waals surface area contributed by atoms with Gasteiger partial charge in [-0.25, -0.2) is 4.79 Å². The van der Waals surface area contributed by atoms with E-state index in [1.54, 1.807) is 23.9 Å². The predicted octanol–water partition coefficient (Wildman–Crippen LogP) is 2.91. The minimum atomic E-state index is -0.467. The molecule has 0 spiro atoms. The van der Waals surface area contributed by atoms with Crippen LogP contribution in [0.5, 0.6) is 11.5 Å². The topological polar surface area (TPSA) is 73.9 Å². The summed E-state index contributed by atoms with van der Waals surface area (Å²) in [4.78, 5) is 23.4. The van der Waals surface area contributed by atoms with Crippen LogP contribution in [0.2, 0.25) is 0 Å². The number of amides is 1. The second-order valence-corrected chi connectivity index (χ2v) is 6.64. The summed E-state index contributed by atoms with van der Waals surface area (Å²) < 4.78 is 15.4. The Morgan fingerprint density at radius 3 is 2.52 bits per heavy atom. The van der Waals surface area contributed by atoms with E-state index in [2.05, 4.69) is 22.2 Å². The molecule has 0 aliphatic carbocycles. The fourth-order valence-electron chi connectivity index (χ4n) is 2.25. The Labute approximate surface area is 163 Å². The first-order valence-corrected chi connectivity index (χ1v) is 9.57. The van der Waals surface area contributed by atoms with E-state index < -0.39 is 5.97 Å². The van der Waals surface area contributed by atoms with Crippen molar-refractivity contribution in [1.82, 2.24) is 5.32 Å². The Morgan fingerprint density at radius 1 is 1.04 bits per heavy atom. The van der Waals surface area contributed by atoms with Gasteiger partial charge in [0.15, 0.2) is 18.1 Å². The molecule has 0 saturated heterocycles. The summed E-state index contributed by atoms with van der Waals surface area (Å²) in [6.07, 6.45) is 0. The molecule has 6 nitrogen and oxygen atoms in total. The van der Waals surface area contributed by atoms with Crippen molar-refractivity contribution in [1.29, 1.82) is 0 Å². The monoisotopic (exact) mass is 389 g/mol. The van der Waals surface area contributed by atoms with Crippen molar-refractivity contribution < 1.29 is 23.8 Å². The van der Waals surface area contributed by atoms with E-state index in [1.165, 1.54) is 25.8 Å². The highest BCUT2D eigenvalue weighted by molar-refractivity contribution is 7.98. The zero-order valence-electron chi connectivity index (χ0n) is 15.4. The average Bonchev–Trinajstić information content (AvgIpc) is 2.72. The molecule has 2 aromatic carbocycles. The first-order valence-electron chi connectivity index (χ1n) is 8.41. The summed E-state index contributed by atoms with van der Waals surface area (Å²) in [6, 6.07) is 14.8. The van der Waals surface area contributed by atoms with Crippen LogP contribution in [0.25, 0.3) is 0 Å². The van der Waals surface area contributed by atoms with E-state index in [9.17, 15) is 9.59 Å². The molecule has 27 heavy (non-hydrogen) atoms. The lowest BCUT2D eigenvalue weighted by atomic mass is 10.2. The number of hydrogen-bond acceptors (Lipinski definition) is 6. The van der Waals surface area contributed by atoms with Crippen molar-refractivity contribution in [2.75, 3.05) is 33.1 Å². The standard InChI is InChI=1S/C20H23NO5S/c1-24-18-12-16(20(23)25-2)8-9-17(18)26-13-19(22)21-10-11-27-14-15-6-4-3-5-7-15/h3-9,12H,10-11,13-14H2,1-2H3,(H,21,22). The maximum absolute atomic E-state index is 11.9. The van der Waals surface area contributed by atoms with Gasteiger partial charge in [0.1, 0.15) is 0 Å². The van der Waals surface area contributed by atoms with Crippen LogP contribution < -0.4 is 14.8 Å². The summed E-state index contributed by atoms with van der Waals surface area (Å²) in [5.41, 5.74) is 1.61. The van der Waals surface area contributed by atoms with Crippen molar-refractivity contribution in [3.63, 3.8) is 0 Å². The molecule has 0 aliphatic rings. The lowest BCUT2D eigenvalue weighted by Crippen LogP contribution is -2.30. The molecule has 0 bridgehead atoms. The fourth-order valence-corrected chi connectivity index (χ4v) is 3.07. The van der Waals surface area contributed by atoms with Crippen LogP contribution in [0, 0.1) is 0 Å². The fraction of sp³-hybridized carbons (Fsp3) is 0.300. The zero-order chi connectivity index (χ0) is 19.5. The minimum absolute atomic E-state index is 0.128. The van der Waals surface area contributed by atoms with Crippen LogP contribution >= 0.6 is 11.8 Å². The third-order valence-corrected chi connectivity index (χ3v) is 4.65. The molecule has 0 heterocycles. The number of nitrogens with one attached hydrogen (secondary N) is 1. The van der Waals surface area contributed by atoms with Crippen molar-refractivity contribution in [3.8, 4) is 11.5 Å². The lowest BCUT2D eigenvalue weighted by Gasteiger charge is -2.12. The highest BCUT2D eigenvalue weighted by Gasteiger charge is 2.12. The van der Waals surface area contributed by atoms with Crippen molar-refractivity contribution in [2.24, 2.45) is 0 Å². The number of rotatable bonds is 10. The van der Waals surface area contributed by atoms with Crippen molar-refractivity contribution in [3.05, 3.63) is 59.7 Å². The molecule has 0 aliphatic heterocycles. The van der Waals surface area contributed by atoms with E-state index in [0.717, 1.165) is 11.5 Å². The van der Waals surface area contributed by atoms with Gasteiger partial charge in [0.25, 0.3) is 5.91 Å². The van der Waals surface area contributed by atoms with Gasteiger partial charge in [0, 0.05) is 18.1 Å². The summed E-state index contributed by atoms with van der Waals surface area (Å²) in [7, 11) is 2.77. The zero-order valence-corrected chi connectivity index (χ0v) is 16.2. The Morgan fingerprint density at radius 2 is 1.81 bits per heavy atom. The molecule has 0 radical (unpaired) electrons. The Bertz CT molecular complexity index is 751. The van der Waals surface area contributed by atoms with Gasteiger partial charge in [-0.3, -0.25) is 4.79 Å². The summed E-state index contributed by atoms with van der Waals surface area (Å²) in [5, 5.41) is 2.82. The molecule has 0 saturated carbocycles. The predicted molar refractivity (Wildman–Crippen MR) is 105 cm³/mol. The van der Waals surface area contributed by atoms with Gasteiger partial charge < -0.3 is 19.5 Å². The Kier molecular flexibility index (Phi) is 8.51. The van der Waals surface area contributed by atoms with Gasteiger partial charge in [-0.2, -0.15) is 11.8 Å². The SMILES string of the molecule is COC(=O)c1ccc(OCC(=O)NCCSCc2ccccc2)c(OC)c1. The van der Waals surface area contributed by atoms with Gasteiger partial charge in [0.2, 0.25) is 0 Å². The van der Waals surface area contributed by atoms with Crippen LogP contribution in [0.4, 0.5) is 0 Å².